The maximum Gasteiger partial charge on any atom is 0.243 e. The number of benzene rings is 1. The molecule has 0 heterocycles. The van der Waals surface area contributed by atoms with Gasteiger partial charge in [0.2, 0.25) is 11.8 Å². The fourth-order valence-electron chi connectivity index (χ4n) is 5.69. The normalized spacial score (nSPS) is 34.6. The SMILES string of the molecule is Cc1cc(NC(=O)CNC(=O)C23CC4CC(CC(Br)(C4)C2)C3)ccc1Br. The van der Waals surface area contributed by atoms with E-state index in [4.69, 9.17) is 0 Å². The lowest BCUT2D eigenvalue weighted by Gasteiger charge is -2.59. The van der Waals surface area contributed by atoms with Crippen molar-refractivity contribution < 1.29 is 9.59 Å². The molecule has 4 aliphatic rings. The molecule has 0 radical (unpaired) electrons. The summed E-state index contributed by atoms with van der Waals surface area (Å²) >= 11 is 7.39. The number of nitrogens with one attached hydrogen (secondary N) is 2. The predicted octanol–water partition coefficient (Wildman–Crippen LogP) is 4.55. The highest BCUT2D eigenvalue weighted by atomic mass is 79.9. The summed E-state index contributed by atoms with van der Waals surface area (Å²) in [5.74, 6) is 1.19. The smallest absolute Gasteiger partial charge is 0.243 e. The molecule has 5 rings (SSSR count). The Hall–Kier alpha value is -0.880. The van der Waals surface area contributed by atoms with Crippen molar-refractivity contribution >= 4 is 49.4 Å². The molecular formula is C20H24Br2N2O2. The van der Waals surface area contributed by atoms with Crippen LogP contribution in [0.2, 0.25) is 0 Å². The van der Waals surface area contributed by atoms with Crippen LogP contribution in [-0.4, -0.2) is 22.7 Å². The van der Waals surface area contributed by atoms with E-state index in [2.05, 4.69) is 42.5 Å². The van der Waals surface area contributed by atoms with Crippen LogP contribution in [0.25, 0.3) is 0 Å². The Morgan fingerprint density at radius 1 is 1.19 bits per heavy atom. The quantitative estimate of drug-likeness (QED) is 0.617. The van der Waals surface area contributed by atoms with E-state index in [1.54, 1.807) is 0 Å². The third kappa shape index (κ3) is 3.47. The lowest BCUT2D eigenvalue weighted by molar-refractivity contribution is -0.144. The molecule has 1 aromatic rings. The standard InChI is InChI=1S/C20H24Br2N2O2/c1-12-4-15(2-3-16(12)21)24-17(25)10-23-18(26)19-6-13-5-14(7-19)9-20(22,8-13)11-19/h2-4,13-14H,5-11H2,1H3,(H,23,26)(H,24,25). The third-order valence-electron chi connectivity index (χ3n) is 6.32. The minimum atomic E-state index is -0.276. The van der Waals surface area contributed by atoms with Crippen LogP contribution in [0.4, 0.5) is 5.69 Å². The Kier molecular flexibility index (Phi) is 4.71. The highest BCUT2D eigenvalue weighted by Crippen LogP contribution is 2.64. The van der Waals surface area contributed by atoms with Gasteiger partial charge in [0.15, 0.2) is 0 Å². The van der Waals surface area contributed by atoms with Gasteiger partial charge in [-0.05, 0) is 81.0 Å². The van der Waals surface area contributed by atoms with Gasteiger partial charge in [-0.1, -0.05) is 31.9 Å². The highest BCUT2D eigenvalue weighted by Gasteiger charge is 2.59. The first-order valence-electron chi connectivity index (χ1n) is 9.30. The fourth-order valence-corrected chi connectivity index (χ4v) is 7.39. The number of amides is 2. The van der Waals surface area contributed by atoms with E-state index in [0.717, 1.165) is 35.0 Å². The molecule has 4 bridgehead atoms. The predicted molar refractivity (Wildman–Crippen MR) is 109 cm³/mol. The summed E-state index contributed by atoms with van der Waals surface area (Å²) in [5, 5.41) is 5.78. The summed E-state index contributed by atoms with van der Waals surface area (Å²) in [6.07, 6.45) is 6.54. The van der Waals surface area contributed by atoms with Gasteiger partial charge in [-0.3, -0.25) is 9.59 Å². The number of rotatable bonds is 4. The van der Waals surface area contributed by atoms with Crippen LogP contribution in [0.5, 0.6) is 0 Å². The van der Waals surface area contributed by atoms with Crippen LogP contribution in [-0.2, 0) is 9.59 Å². The van der Waals surface area contributed by atoms with Crippen LogP contribution < -0.4 is 10.6 Å². The number of halogens is 2. The second kappa shape index (κ2) is 6.62. The van der Waals surface area contributed by atoms with Crippen LogP contribution in [0, 0.1) is 24.2 Å². The Morgan fingerprint density at radius 2 is 1.88 bits per heavy atom. The first-order chi connectivity index (χ1) is 12.3. The van der Waals surface area contributed by atoms with Gasteiger partial charge < -0.3 is 10.6 Å². The molecule has 1 aromatic carbocycles. The van der Waals surface area contributed by atoms with Crippen molar-refractivity contribution in [2.24, 2.45) is 17.3 Å². The zero-order valence-corrected chi connectivity index (χ0v) is 18.1. The van der Waals surface area contributed by atoms with Crippen molar-refractivity contribution in [1.82, 2.24) is 5.32 Å². The van der Waals surface area contributed by atoms with E-state index in [-0.39, 0.29) is 28.1 Å². The molecular weight excluding hydrogens is 460 g/mol. The molecule has 26 heavy (non-hydrogen) atoms. The molecule has 140 valence electrons. The molecule has 2 atom stereocenters. The molecule has 0 spiro atoms. The van der Waals surface area contributed by atoms with Crippen molar-refractivity contribution in [2.45, 2.75) is 49.8 Å². The van der Waals surface area contributed by atoms with Gasteiger partial charge in [0, 0.05) is 14.5 Å². The minimum Gasteiger partial charge on any atom is -0.347 e. The van der Waals surface area contributed by atoms with Crippen molar-refractivity contribution in [3.63, 3.8) is 0 Å². The number of alkyl halides is 1. The van der Waals surface area contributed by atoms with E-state index in [1.165, 1.54) is 19.3 Å². The van der Waals surface area contributed by atoms with Gasteiger partial charge in [0.1, 0.15) is 0 Å². The van der Waals surface area contributed by atoms with Crippen LogP contribution in [0.15, 0.2) is 22.7 Å². The maximum atomic E-state index is 13.0. The Balaban J connectivity index is 1.36. The molecule has 6 heteroatoms. The summed E-state index contributed by atoms with van der Waals surface area (Å²) in [6.45, 7) is 2.00. The van der Waals surface area contributed by atoms with Gasteiger partial charge in [-0.15, -0.1) is 0 Å². The monoisotopic (exact) mass is 482 g/mol. The van der Waals surface area contributed by atoms with E-state index in [0.29, 0.717) is 11.8 Å². The van der Waals surface area contributed by atoms with Crippen LogP contribution in [0.1, 0.15) is 44.1 Å². The average Bonchev–Trinajstić information content (AvgIpc) is 2.53. The van der Waals surface area contributed by atoms with Crippen molar-refractivity contribution in [1.29, 1.82) is 0 Å². The Morgan fingerprint density at radius 3 is 2.50 bits per heavy atom. The second-order valence-corrected chi connectivity index (χ2v) is 11.1. The summed E-state index contributed by atoms with van der Waals surface area (Å²) in [6, 6.07) is 5.68. The Labute approximate surface area is 171 Å². The molecule has 2 unspecified atom stereocenters. The number of hydrogen-bond donors (Lipinski definition) is 2. The molecule has 4 aliphatic carbocycles. The zero-order chi connectivity index (χ0) is 18.5. The average molecular weight is 484 g/mol. The van der Waals surface area contributed by atoms with E-state index >= 15 is 0 Å². The largest absolute Gasteiger partial charge is 0.347 e. The summed E-state index contributed by atoms with van der Waals surface area (Å²) in [4.78, 5) is 25.2. The second-order valence-electron chi connectivity index (χ2n) is 8.59. The van der Waals surface area contributed by atoms with Gasteiger partial charge in [0.05, 0.1) is 12.0 Å². The van der Waals surface area contributed by atoms with E-state index in [1.807, 2.05) is 25.1 Å². The van der Waals surface area contributed by atoms with Gasteiger partial charge in [-0.2, -0.15) is 0 Å². The molecule has 0 saturated heterocycles. The molecule has 0 aliphatic heterocycles. The minimum absolute atomic E-state index is 0.0281. The number of hydrogen-bond acceptors (Lipinski definition) is 2. The molecule has 2 amide bonds. The number of carbonyl (C=O) groups is 2. The molecule has 4 saturated carbocycles. The molecule has 4 fully saturated rings. The van der Waals surface area contributed by atoms with E-state index < -0.39 is 0 Å². The van der Waals surface area contributed by atoms with Crippen molar-refractivity contribution in [2.75, 3.05) is 11.9 Å². The van der Waals surface area contributed by atoms with E-state index in [9.17, 15) is 9.59 Å². The zero-order valence-electron chi connectivity index (χ0n) is 14.9. The summed E-state index contributed by atoms with van der Waals surface area (Å²) < 4.78 is 1.15. The van der Waals surface area contributed by atoms with Crippen molar-refractivity contribution in [3.05, 3.63) is 28.2 Å². The lowest BCUT2D eigenvalue weighted by atomic mass is 9.49. The number of carbonyl (C=O) groups excluding carboxylic acids is 2. The lowest BCUT2D eigenvalue weighted by Crippen LogP contribution is -2.58. The third-order valence-corrected chi connectivity index (χ3v) is 8.14. The van der Waals surface area contributed by atoms with Crippen LogP contribution in [0.3, 0.4) is 0 Å². The number of aryl methyl sites for hydroxylation is 1. The van der Waals surface area contributed by atoms with Crippen LogP contribution >= 0.6 is 31.9 Å². The maximum absolute atomic E-state index is 13.0. The van der Waals surface area contributed by atoms with Crippen molar-refractivity contribution in [3.8, 4) is 0 Å². The Bertz CT molecular complexity index is 750. The summed E-state index contributed by atoms with van der Waals surface area (Å²) in [7, 11) is 0. The molecule has 2 N–H and O–H groups in total. The van der Waals surface area contributed by atoms with Gasteiger partial charge >= 0.3 is 0 Å². The molecule has 0 aromatic heterocycles. The van der Waals surface area contributed by atoms with Gasteiger partial charge in [-0.25, -0.2) is 0 Å². The number of anilines is 1. The first-order valence-corrected chi connectivity index (χ1v) is 10.9. The highest BCUT2D eigenvalue weighted by molar-refractivity contribution is 9.10. The summed E-state index contributed by atoms with van der Waals surface area (Å²) in [5.41, 5.74) is 1.53. The van der Waals surface area contributed by atoms with Gasteiger partial charge in [0.25, 0.3) is 0 Å². The molecule has 4 nitrogen and oxygen atoms in total. The topological polar surface area (TPSA) is 58.2 Å². The fraction of sp³-hybridized carbons (Fsp3) is 0.600. The first kappa shape index (κ1) is 18.5.